The van der Waals surface area contributed by atoms with Gasteiger partial charge in [-0.25, -0.2) is 4.79 Å². The molecular weight excluding hydrogens is 388 g/mol. The molecule has 0 aliphatic carbocycles. The van der Waals surface area contributed by atoms with Crippen molar-refractivity contribution in [2.24, 2.45) is 0 Å². The van der Waals surface area contributed by atoms with Crippen molar-refractivity contribution in [1.82, 2.24) is 4.98 Å². The van der Waals surface area contributed by atoms with E-state index in [1.54, 1.807) is 36.7 Å². The maximum Gasteiger partial charge on any atom is 0.335 e. The molecule has 4 rings (SSSR count). The number of aromatic nitrogens is 1. The standard InChI is InChI=1S/C26H22N2O3/c1-17(21-12-6-9-18-7-2-4-10-22(18)21)25(29)28-24-16-27-14-13-20(24)15-19-8-3-5-11-23(19)26(30)31/h2-14,16-17H,15H2,1H3,(H,28,29)(H,30,31). The third kappa shape index (κ3) is 4.31. The Hall–Kier alpha value is -3.99. The van der Waals surface area contributed by atoms with Gasteiger partial charge in [-0.2, -0.15) is 0 Å². The van der Waals surface area contributed by atoms with E-state index >= 15 is 0 Å². The molecule has 5 nitrogen and oxygen atoms in total. The zero-order valence-electron chi connectivity index (χ0n) is 17.1. The van der Waals surface area contributed by atoms with Crippen LogP contribution in [0.1, 0.15) is 39.9 Å². The molecule has 0 aliphatic heterocycles. The number of amides is 1. The van der Waals surface area contributed by atoms with E-state index in [1.807, 2.05) is 55.5 Å². The molecule has 1 amide bonds. The van der Waals surface area contributed by atoms with Crippen LogP contribution < -0.4 is 5.32 Å². The highest BCUT2D eigenvalue weighted by atomic mass is 16.4. The first-order chi connectivity index (χ1) is 15.0. The normalized spacial score (nSPS) is 11.8. The van der Waals surface area contributed by atoms with E-state index in [-0.39, 0.29) is 17.4 Å². The Bertz CT molecular complexity index is 1260. The SMILES string of the molecule is CC(C(=O)Nc1cnccc1Cc1ccccc1C(=O)O)c1cccc2ccccc12. The Balaban J connectivity index is 1.60. The second-order valence-electron chi connectivity index (χ2n) is 7.45. The molecule has 4 aromatic rings. The fraction of sp³-hybridized carbons (Fsp3) is 0.115. The van der Waals surface area contributed by atoms with Crippen LogP contribution in [-0.2, 0) is 11.2 Å². The van der Waals surface area contributed by atoms with Gasteiger partial charge in [-0.3, -0.25) is 9.78 Å². The fourth-order valence-electron chi connectivity index (χ4n) is 3.79. The summed E-state index contributed by atoms with van der Waals surface area (Å²) in [5.41, 5.74) is 3.28. The second kappa shape index (κ2) is 8.79. The largest absolute Gasteiger partial charge is 0.478 e. The van der Waals surface area contributed by atoms with E-state index in [9.17, 15) is 14.7 Å². The van der Waals surface area contributed by atoms with Gasteiger partial charge in [-0.1, -0.05) is 60.7 Å². The van der Waals surface area contributed by atoms with Crippen LogP contribution in [0.4, 0.5) is 5.69 Å². The van der Waals surface area contributed by atoms with Crippen molar-refractivity contribution >= 4 is 28.3 Å². The maximum absolute atomic E-state index is 13.1. The molecule has 0 bridgehead atoms. The average molecular weight is 410 g/mol. The Morgan fingerprint density at radius 1 is 0.935 bits per heavy atom. The Labute approximate surface area is 180 Å². The van der Waals surface area contributed by atoms with E-state index in [0.717, 1.165) is 21.9 Å². The molecule has 2 N–H and O–H groups in total. The lowest BCUT2D eigenvalue weighted by molar-refractivity contribution is -0.117. The van der Waals surface area contributed by atoms with Crippen molar-refractivity contribution in [3.05, 3.63) is 107 Å². The predicted molar refractivity (Wildman–Crippen MR) is 121 cm³/mol. The summed E-state index contributed by atoms with van der Waals surface area (Å²) in [6, 6.07) is 22.6. The van der Waals surface area contributed by atoms with Crippen LogP contribution in [0.2, 0.25) is 0 Å². The number of pyridine rings is 1. The van der Waals surface area contributed by atoms with E-state index in [4.69, 9.17) is 0 Å². The van der Waals surface area contributed by atoms with E-state index in [1.165, 1.54) is 0 Å². The molecule has 154 valence electrons. The highest BCUT2D eigenvalue weighted by Gasteiger charge is 2.19. The van der Waals surface area contributed by atoms with E-state index < -0.39 is 5.97 Å². The number of rotatable bonds is 6. The topological polar surface area (TPSA) is 79.3 Å². The molecule has 0 radical (unpaired) electrons. The van der Waals surface area contributed by atoms with Crippen LogP contribution in [0.3, 0.4) is 0 Å². The van der Waals surface area contributed by atoms with Gasteiger partial charge in [0.25, 0.3) is 0 Å². The van der Waals surface area contributed by atoms with Gasteiger partial charge in [0.2, 0.25) is 5.91 Å². The van der Waals surface area contributed by atoms with E-state index in [0.29, 0.717) is 17.7 Å². The summed E-state index contributed by atoms with van der Waals surface area (Å²) in [4.78, 5) is 28.8. The Kier molecular flexibility index (Phi) is 5.76. The van der Waals surface area contributed by atoms with Crippen LogP contribution in [0.25, 0.3) is 10.8 Å². The molecule has 31 heavy (non-hydrogen) atoms. The first-order valence-corrected chi connectivity index (χ1v) is 10.1. The quantitative estimate of drug-likeness (QED) is 0.454. The monoisotopic (exact) mass is 410 g/mol. The number of aromatic carboxylic acids is 1. The Morgan fingerprint density at radius 2 is 1.68 bits per heavy atom. The van der Waals surface area contributed by atoms with Gasteiger partial charge in [0.1, 0.15) is 0 Å². The number of carbonyl (C=O) groups is 2. The van der Waals surface area contributed by atoms with Crippen molar-refractivity contribution in [3.8, 4) is 0 Å². The summed E-state index contributed by atoms with van der Waals surface area (Å²) in [5.74, 6) is -1.48. The lowest BCUT2D eigenvalue weighted by atomic mass is 9.94. The van der Waals surface area contributed by atoms with Crippen LogP contribution in [0.5, 0.6) is 0 Å². The minimum Gasteiger partial charge on any atom is -0.478 e. The summed E-state index contributed by atoms with van der Waals surface area (Å²) in [6.45, 7) is 1.88. The lowest BCUT2D eigenvalue weighted by Crippen LogP contribution is -2.20. The van der Waals surface area contributed by atoms with Crippen molar-refractivity contribution in [3.63, 3.8) is 0 Å². The number of carbonyl (C=O) groups excluding carboxylic acids is 1. The van der Waals surface area contributed by atoms with Crippen LogP contribution in [0.15, 0.2) is 85.2 Å². The van der Waals surface area contributed by atoms with Crippen LogP contribution in [0, 0.1) is 0 Å². The molecule has 0 aliphatic rings. The zero-order chi connectivity index (χ0) is 21.8. The van der Waals surface area contributed by atoms with Crippen molar-refractivity contribution in [2.75, 3.05) is 5.32 Å². The number of nitrogens with zero attached hydrogens (tertiary/aromatic N) is 1. The number of nitrogens with one attached hydrogen (secondary N) is 1. The van der Waals surface area contributed by atoms with Gasteiger partial charge < -0.3 is 10.4 Å². The summed E-state index contributed by atoms with van der Waals surface area (Å²) >= 11 is 0. The molecule has 0 spiro atoms. The second-order valence-corrected chi connectivity index (χ2v) is 7.45. The number of carboxylic acids is 1. The highest BCUT2D eigenvalue weighted by Crippen LogP contribution is 2.27. The number of anilines is 1. The first kappa shape index (κ1) is 20.3. The third-order valence-corrected chi connectivity index (χ3v) is 5.48. The molecule has 5 heteroatoms. The minimum atomic E-state index is -0.972. The van der Waals surface area contributed by atoms with Crippen LogP contribution >= 0.6 is 0 Å². The highest BCUT2D eigenvalue weighted by molar-refractivity contribution is 5.99. The smallest absolute Gasteiger partial charge is 0.335 e. The van der Waals surface area contributed by atoms with Gasteiger partial charge in [0.05, 0.1) is 23.4 Å². The molecule has 1 aromatic heterocycles. The van der Waals surface area contributed by atoms with Gasteiger partial charge in [0.15, 0.2) is 0 Å². The van der Waals surface area contributed by atoms with Crippen LogP contribution in [-0.4, -0.2) is 22.0 Å². The van der Waals surface area contributed by atoms with Crippen molar-refractivity contribution in [2.45, 2.75) is 19.3 Å². The lowest BCUT2D eigenvalue weighted by Gasteiger charge is -2.17. The molecule has 3 aromatic carbocycles. The maximum atomic E-state index is 13.1. The number of hydrogen-bond donors (Lipinski definition) is 2. The number of carboxylic acid groups (broad SMARTS) is 1. The minimum absolute atomic E-state index is 0.142. The Morgan fingerprint density at radius 3 is 2.52 bits per heavy atom. The molecule has 0 fully saturated rings. The predicted octanol–water partition coefficient (Wildman–Crippen LogP) is 5.27. The molecule has 1 atom stereocenters. The van der Waals surface area contributed by atoms with Gasteiger partial charge in [-0.15, -0.1) is 0 Å². The van der Waals surface area contributed by atoms with Gasteiger partial charge in [0, 0.05) is 12.6 Å². The van der Waals surface area contributed by atoms with E-state index in [2.05, 4.69) is 10.3 Å². The third-order valence-electron chi connectivity index (χ3n) is 5.48. The zero-order valence-corrected chi connectivity index (χ0v) is 17.1. The summed E-state index contributed by atoms with van der Waals surface area (Å²) in [5, 5.41) is 14.6. The number of fused-ring (bicyclic) bond motifs is 1. The molecular formula is C26H22N2O3. The summed E-state index contributed by atoms with van der Waals surface area (Å²) < 4.78 is 0. The molecule has 0 saturated heterocycles. The summed E-state index contributed by atoms with van der Waals surface area (Å²) in [6.07, 6.45) is 3.62. The number of benzene rings is 3. The van der Waals surface area contributed by atoms with Gasteiger partial charge in [-0.05, 0) is 46.5 Å². The van der Waals surface area contributed by atoms with Gasteiger partial charge >= 0.3 is 5.97 Å². The first-order valence-electron chi connectivity index (χ1n) is 10.1. The van der Waals surface area contributed by atoms with Crippen molar-refractivity contribution in [1.29, 1.82) is 0 Å². The summed E-state index contributed by atoms with van der Waals surface area (Å²) in [7, 11) is 0. The van der Waals surface area contributed by atoms with Crippen molar-refractivity contribution < 1.29 is 14.7 Å². The average Bonchev–Trinajstić information content (AvgIpc) is 2.79. The number of hydrogen-bond acceptors (Lipinski definition) is 3. The molecule has 1 heterocycles. The molecule has 1 unspecified atom stereocenters. The molecule has 0 saturated carbocycles. The fourth-order valence-corrected chi connectivity index (χ4v) is 3.79.